The third kappa shape index (κ3) is 2.24. The van der Waals surface area contributed by atoms with Crippen LogP contribution in [0.5, 0.6) is 0 Å². The van der Waals surface area contributed by atoms with E-state index in [1.165, 1.54) is 0 Å². The first kappa shape index (κ1) is 11.0. The van der Waals surface area contributed by atoms with E-state index in [2.05, 4.69) is 0 Å². The predicted molar refractivity (Wildman–Crippen MR) is 47.3 cm³/mol. The monoisotopic (exact) mass is 204 g/mol. The van der Waals surface area contributed by atoms with Crippen LogP contribution in [0.15, 0.2) is 18.2 Å². The van der Waals surface area contributed by atoms with Gasteiger partial charge in [0.2, 0.25) is 0 Å². The number of alkyl halides is 2. The minimum atomic E-state index is -2.66. The first-order valence-corrected chi connectivity index (χ1v) is 4.09. The lowest BCUT2D eigenvalue weighted by Crippen LogP contribution is -2.22. The van der Waals surface area contributed by atoms with Gasteiger partial charge in [-0.15, -0.1) is 0 Å². The summed E-state index contributed by atoms with van der Waals surface area (Å²) in [5, 5.41) is 0. The van der Waals surface area contributed by atoms with E-state index in [9.17, 15) is 13.2 Å². The third-order valence-electron chi connectivity index (χ3n) is 1.94. The molecule has 0 heterocycles. The molecular weight excluding hydrogens is 193 g/mol. The van der Waals surface area contributed by atoms with E-state index in [0.717, 1.165) is 18.2 Å². The fraction of sp³-hybridized carbons (Fsp3) is 0.333. The summed E-state index contributed by atoms with van der Waals surface area (Å²) in [6.07, 6.45) is -2.66. The largest absolute Gasteiger partial charge is 0.329 e. The third-order valence-corrected chi connectivity index (χ3v) is 1.94. The molecule has 2 nitrogen and oxygen atoms in total. The maximum Gasteiger partial charge on any atom is 0.264 e. The number of nitrogens with two attached hydrogens (primary N) is 2. The maximum absolute atomic E-state index is 12.8. The lowest BCUT2D eigenvalue weighted by Gasteiger charge is -2.14. The van der Waals surface area contributed by atoms with Crippen LogP contribution in [0.3, 0.4) is 0 Å². The van der Waals surface area contributed by atoms with E-state index in [1.54, 1.807) is 0 Å². The van der Waals surface area contributed by atoms with E-state index in [0.29, 0.717) is 0 Å². The van der Waals surface area contributed by atoms with Crippen LogP contribution in [0.25, 0.3) is 0 Å². The molecule has 1 aromatic rings. The van der Waals surface area contributed by atoms with Crippen molar-refractivity contribution in [1.29, 1.82) is 0 Å². The summed E-state index contributed by atoms with van der Waals surface area (Å²) < 4.78 is 37.6. The van der Waals surface area contributed by atoms with Crippen molar-refractivity contribution in [2.45, 2.75) is 12.5 Å². The summed E-state index contributed by atoms with van der Waals surface area (Å²) >= 11 is 0. The lowest BCUT2D eigenvalue weighted by atomic mass is 10.0. The molecule has 1 aromatic carbocycles. The van der Waals surface area contributed by atoms with E-state index >= 15 is 0 Å². The summed E-state index contributed by atoms with van der Waals surface area (Å²) in [6.45, 7) is 0.00315. The second-order valence-corrected chi connectivity index (χ2v) is 2.92. The Bertz CT molecular complexity index is 315. The average molecular weight is 204 g/mol. The van der Waals surface area contributed by atoms with Crippen molar-refractivity contribution in [3.63, 3.8) is 0 Å². The lowest BCUT2D eigenvalue weighted by molar-refractivity contribution is 0.149. The molecule has 1 atom stereocenters. The van der Waals surface area contributed by atoms with E-state index in [-0.39, 0.29) is 17.7 Å². The fourth-order valence-electron chi connectivity index (χ4n) is 1.19. The Morgan fingerprint density at radius 3 is 2.36 bits per heavy atom. The van der Waals surface area contributed by atoms with Crippen molar-refractivity contribution in [2.75, 3.05) is 6.54 Å². The molecule has 0 aliphatic carbocycles. The summed E-state index contributed by atoms with van der Waals surface area (Å²) in [5.41, 5.74) is 10.5. The molecule has 0 spiro atoms. The minimum Gasteiger partial charge on any atom is -0.329 e. The van der Waals surface area contributed by atoms with Crippen LogP contribution in [-0.4, -0.2) is 6.54 Å². The molecule has 4 N–H and O–H groups in total. The molecular formula is C9H11F3N2. The van der Waals surface area contributed by atoms with Gasteiger partial charge in [-0.2, -0.15) is 0 Å². The standard InChI is InChI=1S/C9H11F3N2/c10-5-1-2-6(9(11)12)7(3-5)8(14)4-13/h1-3,8-9H,4,13-14H2/t8-/m0/s1. The second kappa shape index (κ2) is 4.43. The van der Waals surface area contributed by atoms with E-state index in [4.69, 9.17) is 11.5 Å². The Morgan fingerprint density at radius 2 is 1.86 bits per heavy atom. The Kier molecular flexibility index (Phi) is 3.49. The normalized spacial score (nSPS) is 13.3. The molecule has 0 fully saturated rings. The molecule has 0 bridgehead atoms. The zero-order chi connectivity index (χ0) is 10.7. The Hall–Kier alpha value is -1.07. The Morgan fingerprint density at radius 1 is 1.21 bits per heavy atom. The highest BCUT2D eigenvalue weighted by atomic mass is 19.3. The van der Waals surface area contributed by atoms with Gasteiger partial charge < -0.3 is 11.5 Å². The summed E-state index contributed by atoms with van der Waals surface area (Å²) in [6, 6.07) is 2.26. The molecule has 78 valence electrons. The molecule has 5 heteroatoms. The smallest absolute Gasteiger partial charge is 0.264 e. The fourth-order valence-corrected chi connectivity index (χ4v) is 1.19. The van der Waals surface area contributed by atoms with Crippen LogP contribution in [0, 0.1) is 5.82 Å². The van der Waals surface area contributed by atoms with Crippen molar-refractivity contribution in [3.05, 3.63) is 35.1 Å². The van der Waals surface area contributed by atoms with Gasteiger partial charge in [-0.3, -0.25) is 0 Å². The van der Waals surface area contributed by atoms with Gasteiger partial charge in [0, 0.05) is 18.2 Å². The summed E-state index contributed by atoms with van der Waals surface area (Å²) in [5.74, 6) is -0.590. The van der Waals surface area contributed by atoms with E-state index in [1.807, 2.05) is 0 Å². The highest BCUT2D eigenvalue weighted by Crippen LogP contribution is 2.26. The number of benzene rings is 1. The van der Waals surface area contributed by atoms with E-state index < -0.39 is 18.3 Å². The topological polar surface area (TPSA) is 52.0 Å². The number of hydrogen-bond acceptors (Lipinski definition) is 2. The van der Waals surface area contributed by atoms with Crippen molar-refractivity contribution in [1.82, 2.24) is 0 Å². The Balaban J connectivity index is 3.15. The molecule has 0 saturated carbocycles. The van der Waals surface area contributed by atoms with Gasteiger partial charge in [0.05, 0.1) is 0 Å². The van der Waals surface area contributed by atoms with Gasteiger partial charge in [-0.05, 0) is 17.7 Å². The molecule has 0 saturated heterocycles. The number of hydrogen-bond donors (Lipinski definition) is 2. The molecule has 0 radical (unpaired) electrons. The van der Waals surface area contributed by atoms with Crippen molar-refractivity contribution >= 4 is 0 Å². The van der Waals surface area contributed by atoms with Gasteiger partial charge in [0.1, 0.15) is 5.82 Å². The van der Waals surface area contributed by atoms with Crippen LogP contribution < -0.4 is 11.5 Å². The van der Waals surface area contributed by atoms with Crippen molar-refractivity contribution in [3.8, 4) is 0 Å². The van der Waals surface area contributed by atoms with Gasteiger partial charge in [0.25, 0.3) is 6.43 Å². The number of rotatable bonds is 3. The zero-order valence-corrected chi connectivity index (χ0v) is 7.38. The van der Waals surface area contributed by atoms with Gasteiger partial charge in [-0.25, -0.2) is 13.2 Å². The van der Waals surface area contributed by atoms with Gasteiger partial charge in [-0.1, -0.05) is 6.07 Å². The SMILES string of the molecule is NC[C@H](N)c1cc(F)ccc1C(F)F. The highest BCUT2D eigenvalue weighted by molar-refractivity contribution is 5.31. The van der Waals surface area contributed by atoms with Crippen LogP contribution in [0.2, 0.25) is 0 Å². The first-order chi connectivity index (χ1) is 6.56. The summed E-state index contributed by atoms with van der Waals surface area (Å²) in [7, 11) is 0. The van der Waals surface area contributed by atoms with Crippen LogP contribution in [0.1, 0.15) is 23.6 Å². The van der Waals surface area contributed by atoms with Crippen LogP contribution >= 0.6 is 0 Å². The van der Waals surface area contributed by atoms with Crippen LogP contribution in [0.4, 0.5) is 13.2 Å². The molecule has 14 heavy (non-hydrogen) atoms. The molecule has 0 aliphatic rings. The van der Waals surface area contributed by atoms with Crippen molar-refractivity contribution in [2.24, 2.45) is 11.5 Å². The minimum absolute atomic E-state index is 0.00315. The number of halogens is 3. The molecule has 0 aromatic heterocycles. The average Bonchev–Trinajstić information content (AvgIpc) is 2.16. The van der Waals surface area contributed by atoms with Gasteiger partial charge >= 0.3 is 0 Å². The Labute approximate surface area is 79.7 Å². The molecule has 1 rings (SSSR count). The first-order valence-electron chi connectivity index (χ1n) is 4.09. The molecule has 0 aliphatic heterocycles. The highest BCUT2D eigenvalue weighted by Gasteiger charge is 2.17. The molecule has 0 unspecified atom stereocenters. The predicted octanol–water partition coefficient (Wildman–Crippen LogP) is 1.72. The van der Waals surface area contributed by atoms with Gasteiger partial charge in [0.15, 0.2) is 0 Å². The van der Waals surface area contributed by atoms with Crippen LogP contribution in [-0.2, 0) is 0 Å². The molecule has 0 amide bonds. The maximum atomic E-state index is 12.8. The zero-order valence-electron chi connectivity index (χ0n) is 7.38. The quantitative estimate of drug-likeness (QED) is 0.787. The van der Waals surface area contributed by atoms with Crippen molar-refractivity contribution < 1.29 is 13.2 Å². The summed E-state index contributed by atoms with van der Waals surface area (Å²) in [4.78, 5) is 0. The second-order valence-electron chi connectivity index (χ2n) is 2.92.